The highest BCUT2D eigenvalue weighted by Crippen LogP contribution is 2.46. The Kier molecular flexibility index (Phi) is 5.03. The molecule has 1 aliphatic carbocycles. The molecule has 2 aromatic rings. The predicted molar refractivity (Wildman–Crippen MR) is 96.4 cm³/mol. The Balaban J connectivity index is 1.52. The zero-order valence-electron chi connectivity index (χ0n) is 14.2. The number of ether oxygens (including phenoxy) is 1. The molecule has 0 saturated heterocycles. The first-order chi connectivity index (χ1) is 12.1. The molecule has 2 aromatic carbocycles. The van der Waals surface area contributed by atoms with Crippen LogP contribution in [0.15, 0.2) is 54.6 Å². The molecule has 0 radical (unpaired) electrons. The minimum absolute atomic E-state index is 0.191. The molecule has 1 aliphatic rings. The highest BCUT2D eigenvalue weighted by molar-refractivity contribution is 6.13. The molecule has 0 atom stereocenters. The Morgan fingerprint density at radius 1 is 1.04 bits per heavy atom. The standard InChI is InChI=1S/C20H22N2O3/c1-25-17-9-5-6-15(14-17)10-13-21-18(23)20(11-12-20)19(24)22-16-7-3-2-4-8-16/h2-9,14H,10-13H2,1H3,(H,21,23)(H,22,24). The molecule has 5 heteroatoms. The molecule has 0 heterocycles. The van der Waals surface area contributed by atoms with Crippen molar-refractivity contribution in [1.82, 2.24) is 5.32 Å². The van der Waals surface area contributed by atoms with E-state index in [2.05, 4.69) is 10.6 Å². The third-order valence-corrected chi connectivity index (χ3v) is 4.48. The Hall–Kier alpha value is -2.82. The lowest BCUT2D eigenvalue weighted by molar-refractivity contribution is -0.134. The van der Waals surface area contributed by atoms with Crippen LogP contribution in [0.3, 0.4) is 0 Å². The van der Waals surface area contributed by atoms with Gasteiger partial charge in [-0.3, -0.25) is 9.59 Å². The average molecular weight is 338 g/mol. The fraction of sp³-hybridized carbons (Fsp3) is 0.300. The van der Waals surface area contributed by atoms with Crippen LogP contribution in [0.25, 0.3) is 0 Å². The molecule has 0 unspecified atom stereocenters. The number of anilines is 1. The summed E-state index contributed by atoms with van der Waals surface area (Å²) >= 11 is 0. The van der Waals surface area contributed by atoms with Crippen molar-refractivity contribution in [2.24, 2.45) is 5.41 Å². The van der Waals surface area contributed by atoms with Crippen molar-refractivity contribution >= 4 is 17.5 Å². The summed E-state index contributed by atoms with van der Waals surface area (Å²) in [6.45, 7) is 0.492. The molecular weight excluding hydrogens is 316 g/mol. The molecule has 1 fully saturated rings. The normalized spacial score (nSPS) is 14.4. The van der Waals surface area contributed by atoms with Gasteiger partial charge in [-0.05, 0) is 49.1 Å². The van der Waals surface area contributed by atoms with Crippen LogP contribution in [-0.4, -0.2) is 25.5 Å². The van der Waals surface area contributed by atoms with Gasteiger partial charge in [-0.1, -0.05) is 30.3 Å². The van der Waals surface area contributed by atoms with Gasteiger partial charge >= 0.3 is 0 Å². The number of rotatable bonds is 7. The van der Waals surface area contributed by atoms with Gasteiger partial charge in [0.05, 0.1) is 7.11 Å². The maximum absolute atomic E-state index is 12.5. The number of amides is 2. The van der Waals surface area contributed by atoms with E-state index in [1.54, 1.807) is 7.11 Å². The summed E-state index contributed by atoms with van der Waals surface area (Å²) < 4.78 is 5.19. The topological polar surface area (TPSA) is 67.4 Å². The maximum atomic E-state index is 12.5. The Bertz CT molecular complexity index is 755. The molecule has 2 amide bonds. The summed E-state index contributed by atoms with van der Waals surface area (Å²) in [5.41, 5.74) is 0.880. The van der Waals surface area contributed by atoms with Gasteiger partial charge in [0.25, 0.3) is 0 Å². The smallest absolute Gasteiger partial charge is 0.240 e. The van der Waals surface area contributed by atoms with Gasteiger partial charge in [0, 0.05) is 12.2 Å². The molecule has 0 aromatic heterocycles. The van der Waals surface area contributed by atoms with Crippen molar-refractivity contribution < 1.29 is 14.3 Å². The predicted octanol–water partition coefficient (Wildman–Crippen LogP) is 2.77. The first-order valence-electron chi connectivity index (χ1n) is 8.42. The van der Waals surface area contributed by atoms with Crippen molar-refractivity contribution in [1.29, 1.82) is 0 Å². The summed E-state index contributed by atoms with van der Waals surface area (Å²) in [7, 11) is 1.63. The first kappa shape index (κ1) is 17.0. The molecule has 130 valence electrons. The van der Waals surface area contributed by atoms with E-state index in [0.717, 1.165) is 11.3 Å². The summed E-state index contributed by atoms with van der Waals surface area (Å²) in [5.74, 6) is 0.381. The SMILES string of the molecule is COc1cccc(CCNC(=O)C2(C(=O)Nc3ccccc3)CC2)c1. The number of nitrogens with one attached hydrogen (secondary N) is 2. The van der Waals surface area contributed by atoms with Crippen LogP contribution >= 0.6 is 0 Å². The highest BCUT2D eigenvalue weighted by Gasteiger charge is 2.56. The number of hydrogen-bond acceptors (Lipinski definition) is 3. The van der Waals surface area contributed by atoms with Crippen LogP contribution in [0.5, 0.6) is 5.75 Å². The number of carbonyl (C=O) groups excluding carboxylic acids is 2. The van der Waals surface area contributed by atoms with Gasteiger partial charge in [-0.2, -0.15) is 0 Å². The number of para-hydroxylation sites is 1. The largest absolute Gasteiger partial charge is 0.497 e. The van der Waals surface area contributed by atoms with Crippen molar-refractivity contribution in [2.75, 3.05) is 19.0 Å². The Morgan fingerprint density at radius 3 is 2.48 bits per heavy atom. The van der Waals surface area contributed by atoms with E-state index in [9.17, 15) is 9.59 Å². The second-order valence-corrected chi connectivity index (χ2v) is 6.26. The van der Waals surface area contributed by atoms with Crippen LogP contribution < -0.4 is 15.4 Å². The van der Waals surface area contributed by atoms with E-state index in [1.165, 1.54) is 0 Å². The molecule has 0 spiro atoms. The van der Waals surface area contributed by atoms with Crippen LogP contribution in [-0.2, 0) is 16.0 Å². The fourth-order valence-electron chi connectivity index (χ4n) is 2.77. The maximum Gasteiger partial charge on any atom is 0.240 e. The molecule has 2 N–H and O–H groups in total. The minimum Gasteiger partial charge on any atom is -0.497 e. The van der Waals surface area contributed by atoms with Crippen LogP contribution in [0.2, 0.25) is 0 Å². The lowest BCUT2D eigenvalue weighted by Gasteiger charge is -2.15. The van der Waals surface area contributed by atoms with Gasteiger partial charge in [0.1, 0.15) is 11.2 Å². The van der Waals surface area contributed by atoms with E-state index in [1.807, 2.05) is 54.6 Å². The number of carbonyl (C=O) groups is 2. The molecule has 0 aliphatic heterocycles. The number of hydrogen-bond donors (Lipinski definition) is 2. The number of methoxy groups -OCH3 is 1. The lowest BCUT2D eigenvalue weighted by Crippen LogP contribution is -2.40. The zero-order valence-corrected chi connectivity index (χ0v) is 14.2. The lowest BCUT2D eigenvalue weighted by atomic mass is 10.0. The third kappa shape index (κ3) is 3.99. The van der Waals surface area contributed by atoms with E-state index >= 15 is 0 Å². The van der Waals surface area contributed by atoms with Crippen molar-refractivity contribution in [3.8, 4) is 5.75 Å². The molecule has 3 rings (SSSR count). The molecule has 1 saturated carbocycles. The van der Waals surface area contributed by atoms with Crippen LogP contribution in [0, 0.1) is 5.41 Å². The number of benzene rings is 2. The van der Waals surface area contributed by atoms with E-state index in [0.29, 0.717) is 31.5 Å². The second kappa shape index (κ2) is 7.38. The molecule has 0 bridgehead atoms. The van der Waals surface area contributed by atoms with Crippen molar-refractivity contribution in [3.63, 3.8) is 0 Å². The molecule has 25 heavy (non-hydrogen) atoms. The first-order valence-corrected chi connectivity index (χ1v) is 8.42. The monoisotopic (exact) mass is 338 g/mol. The van der Waals surface area contributed by atoms with Gasteiger partial charge < -0.3 is 15.4 Å². The second-order valence-electron chi connectivity index (χ2n) is 6.26. The van der Waals surface area contributed by atoms with E-state index in [4.69, 9.17) is 4.74 Å². The summed E-state index contributed by atoms with van der Waals surface area (Å²) in [6, 6.07) is 17.0. The fourth-order valence-corrected chi connectivity index (χ4v) is 2.77. The van der Waals surface area contributed by atoms with Gasteiger partial charge in [-0.15, -0.1) is 0 Å². The quantitative estimate of drug-likeness (QED) is 0.763. The summed E-state index contributed by atoms with van der Waals surface area (Å²) in [4.78, 5) is 24.9. The molecule has 5 nitrogen and oxygen atoms in total. The third-order valence-electron chi connectivity index (χ3n) is 4.48. The zero-order chi connectivity index (χ0) is 17.7. The molecular formula is C20H22N2O3. The highest BCUT2D eigenvalue weighted by atomic mass is 16.5. The average Bonchev–Trinajstić information content (AvgIpc) is 3.45. The van der Waals surface area contributed by atoms with Gasteiger partial charge in [0.2, 0.25) is 11.8 Å². The summed E-state index contributed by atoms with van der Waals surface area (Å²) in [6.07, 6.45) is 1.88. The minimum atomic E-state index is -0.912. The van der Waals surface area contributed by atoms with Crippen LogP contribution in [0.4, 0.5) is 5.69 Å². The van der Waals surface area contributed by atoms with Crippen molar-refractivity contribution in [3.05, 3.63) is 60.2 Å². The van der Waals surface area contributed by atoms with E-state index < -0.39 is 5.41 Å². The van der Waals surface area contributed by atoms with Crippen LogP contribution in [0.1, 0.15) is 18.4 Å². The van der Waals surface area contributed by atoms with E-state index in [-0.39, 0.29) is 11.8 Å². The Morgan fingerprint density at radius 2 is 1.80 bits per heavy atom. The van der Waals surface area contributed by atoms with Gasteiger partial charge in [0.15, 0.2) is 0 Å². The van der Waals surface area contributed by atoms with Crippen molar-refractivity contribution in [2.45, 2.75) is 19.3 Å². The Labute approximate surface area is 147 Å². The summed E-state index contributed by atoms with van der Waals surface area (Å²) in [5, 5.41) is 5.73. The van der Waals surface area contributed by atoms with Gasteiger partial charge in [-0.25, -0.2) is 0 Å².